The molecule has 1 aromatic carbocycles. The van der Waals surface area contributed by atoms with Crippen molar-refractivity contribution >= 4 is 28.5 Å². The maximum atomic E-state index is 11.1. The first-order valence-electron chi connectivity index (χ1n) is 3.36. The van der Waals surface area contributed by atoms with Gasteiger partial charge in [-0.25, -0.2) is 0 Å². The second-order valence-corrected chi connectivity index (χ2v) is 3.38. The highest BCUT2D eigenvalue weighted by Crippen LogP contribution is 2.23. The predicted molar refractivity (Wildman–Crippen MR) is 54.2 cm³/mol. The van der Waals surface area contributed by atoms with Crippen LogP contribution in [0.1, 0.15) is 10.4 Å². The zero-order chi connectivity index (χ0) is 9.14. The van der Waals surface area contributed by atoms with Crippen LogP contribution < -0.4 is 5.32 Å². The lowest BCUT2D eigenvalue weighted by molar-refractivity contribution is 0.0960. The summed E-state index contributed by atoms with van der Waals surface area (Å²) in [6, 6.07) is 5.05. The molecule has 0 saturated carbocycles. The molecule has 0 unspecified atom stereocenters. The number of phenols is 1. The minimum atomic E-state index is -0.272. The summed E-state index contributed by atoms with van der Waals surface area (Å²) in [5.41, 5.74) is 0.310. The predicted octanol–water partition coefficient (Wildman–Crippen LogP) is 1.36. The van der Waals surface area contributed by atoms with Gasteiger partial charge in [-0.3, -0.25) is 4.79 Å². The number of hydrogen-bond donors (Lipinski definition) is 2. The molecular formula is C8H8INO2. The molecule has 1 rings (SSSR count). The third-order valence-electron chi connectivity index (χ3n) is 1.46. The van der Waals surface area contributed by atoms with Gasteiger partial charge in [0.15, 0.2) is 0 Å². The lowest BCUT2D eigenvalue weighted by atomic mass is 10.2. The molecule has 0 radical (unpaired) electrons. The Bertz CT molecular complexity index is 312. The Morgan fingerprint density at radius 3 is 2.83 bits per heavy atom. The number of halogens is 1. The molecule has 0 fully saturated rings. The van der Waals surface area contributed by atoms with Crippen LogP contribution in [0.25, 0.3) is 0 Å². The van der Waals surface area contributed by atoms with Crippen molar-refractivity contribution in [2.45, 2.75) is 0 Å². The molecule has 0 aliphatic heterocycles. The Labute approximate surface area is 83.9 Å². The summed E-state index contributed by atoms with van der Waals surface area (Å²) >= 11 is 1.97. The van der Waals surface area contributed by atoms with E-state index in [0.29, 0.717) is 9.13 Å². The fraction of sp³-hybridized carbons (Fsp3) is 0.125. The average molecular weight is 277 g/mol. The van der Waals surface area contributed by atoms with Crippen LogP contribution in [0.15, 0.2) is 18.2 Å². The van der Waals surface area contributed by atoms with Crippen LogP contribution >= 0.6 is 22.6 Å². The van der Waals surface area contributed by atoms with Crippen LogP contribution in [-0.4, -0.2) is 18.1 Å². The topological polar surface area (TPSA) is 49.3 Å². The number of carbonyl (C=O) groups excluding carboxylic acids is 1. The third-order valence-corrected chi connectivity index (χ3v) is 2.33. The minimum absolute atomic E-state index is 0.0393. The molecule has 1 amide bonds. The molecule has 64 valence electrons. The van der Waals surface area contributed by atoms with Crippen molar-refractivity contribution in [2.75, 3.05) is 7.05 Å². The van der Waals surface area contributed by atoms with Crippen LogP contribution in [0.2, 0.25) is 0 Å². The zero-order valence-electron chi connectivity index (χ0n) is 6.47. The van der Waals surface area contributed by atoms with Gasteiger partial charge in [-0.05, 0) is 34.7 Å². The fourth-order valence-corrected chi connectivity index (χ4v) is 1.33. The molecule has 0 heterocycles. The number of hydrogen-bond acceptors (Lipinski definition) is 2. The standard InChI is InChI=1S/C8H8INO2/c1-10-8(12)5-3-2-4-6(9)7(5)11/h2-4,11H,1H3,(H,10,12). The smallest absolute Gasteiger partial charge is 0.254 e. The number of aromatic hydroxyl groups is 1. The molecular weight excluding hydrogens is 269 g/mol. The summed E-state index contributed by atoms with van der Waals surface area (Å²) in [6.07, 6.45) is 0. The molecule has 4 heteroatoms. The second-order valence-electron chi connectivity index (χ2n) is 2.22. The summed E-state index contributed by atoms with van der Waals surface area (Å²) in [5, 5.41) is 11.9. The van der Waals surface area contributed by atoms with E-state index in [1.54, 1.807) is 18.2 Å². The van der Waals surface area contributed by atoms with Crippen molar-refractivity contribution in [3.05, 3.63) is 27.3 Å². The monoisotopic (exact) mass is 277 g/mol. The minimum Gasteiger partial charge on any atom is -0.506 e. The Balaban J connectivity index is 3.16. The Hall–Kier alpha value is -0.780. The molecule has 0 atom stereocenters. The first kappa shape index (κ1) is 9.31. The lowest BCUT2D eigenvalue weighted by Crippen LogP contribution is -2.17. The molecule has 0 aliphatic rings. The molecule has 0 saturated heterocycles. The SMILES string of the molecule is CNC(=O)c1cccc(I)c1O. The van der Waals surface area contributed by atoms with E-state index in [4.69, 9.17) is 0 Å². The molecule has 2 N–H and O–H groups in total. The summed E-state index contributed by atoms with van der Waals surface area (Å²) in [4.78, 5) is 11.1. The van der Waals surface area contributed by atoms with E-state index in [0.717, 1.165) is 0 Å². The van der Waals surface area contributed by atoms with Crippen molar-refractivity contribution in [3.63, 3.8) is 0 Å². The number of carbonyl (C=O) groups is 1. The van der Waals surface area contributed by atoms with Gasteiger partial charge in [-0.15, -0.1) is 0 Å². The van der Waals surface area contributed by atoms with E-state index in [1.165, 1.54) is 7.05 Å². The van der Waals surface area contributed by atoms with Gasteiger partial charge in [0.05, 0.1) is 9.13 Å². The highest BCUT2D eigenvalue weighted by molar-refractivity contribution is 14.1. The van der Waals surface area contributed by atoms with Crippen molar-refractivity contribution in [1.29, 1.82) is 0 Å². The molecule has 12 heavy (non-hydrogen) atoms. The number of amides is 1. The fourth-order valence-electron chi connectivity index (χ4n) is 0.833. The second kappa shape index (κ2) is 3.75. The normalized spacial score (nSPS) is 9.50. The highest BCUT2D eigenvalue weighted by atomic mass is 127. The average Bonchev–Trinajstić information content (AvgIpc) is 2.08. The number of nitrogens with one attached hydrogen (secondary N) is 1. The van der Waals surface area contributed by atoms with Gasteiger partial charge in [0, 0.05) is 7.05 Å². The highest BCUT2D eigenvalue weighted by Gasteiger charge is 2.10. The summed E-state index contributed by atoms with van der Waals surface area (Å²) in [7, 11) is 1.53. The summed E-state index contributed by atoms with van der Waals surface area (Å²) in [5.74, 6) is -0.233. The van der Waals surface area contributed by atoms with Gasteiger partial charge in [-0.2, -0.15) is 0 Å². The van der Waals surface area contributed by atoms with Gasteiger partial charge in [-0.1, -0.05) is 6.07 Å². The maximum absolute atomic E-state index is 11.1. The van der Waals surface area contributed by atoms with Gasteiger partial charge < -0.3 is 10.4 Å². The largest absolute Gasteiger partial charge is 0.506 e. The molecule has 0 spiro atoms. The van der Waals surface area contributed by atoms with E-state index in [-0.39, 0.29) is 11.7 Å². The number of para-hydroxylation sites is 1. The van der Waals surface area contributed by atoms with Crippen LogP contribution in [0.4, 0.5) is 0 Å². The van der Waals surface area contributed by atoms with Gasteiger partial charge >= 0.3 is 0 Å². The number of benzene rings is 1. The van der Waals surface area contributed by atoms with E-state index in [9.17, 15) is 9.90 Å². The Kier molecular flexibility index (Phi) is 2.91. The first-order valence-corrected chi connectivity index (χ1v) is 4.44. The van der Waals surface area contributed by atoms with Crippen LogP contribution in [-0.2, 0) is 0 Å². The van der Waals surface area contributed by atoms with Crippen LogP contribution in [0, 0.1) is 3.57 Å². The number of phenolic OH excluding ortho intramolecular Hbond substituents is 1. The van der Waals surface area contributed by atoms with Crippen molar-refractivity contribution in [1.82, 2.24) is 5.32 Å². The zero-order valence-corrected chi connectivity index (χ0v) is 8.62. The Morgan fingerprint density at radius 2 is 2.25 bits per heavy atom. The van der Waals surface area contributed by atoms with Crippen molar-refractivity contribution < 1.29 is 9.90 Å². The van der Waals surface area contributed by atoms with Crippen molar-refractivity contribution in [3.8, 4) is 5.75 Å². The third kappa shape index (κ3) is 1.69. The van der Waals surface area contributed by atoms with Crippen LogP contribution in [0.5, 0.6) is 5.75 Å². The van der Waals surface area contributed by atoms with Gasteiger partial charge in [0.1, 0.15) is 5.75 Å². The lowest BCUT2D eigenvalue weighted by Gasteiger charge is -2.03. The molecule has 0 bridgehead atoms. The molecule has 0 aliphatic carbocycles. The maximum Gasteiger partial charge on any atom is 0.254 e. The molecule has 0 aromatic heterocycles. The van der Waals surface area contributed by atoms with E-state index in [1.807, 2.05) is 22.6 Å². The molecule has 1 aromatic rings. The van der Waals surface area contributed by atoms with E-state index >= 15 is 0 Å². The summed E-state index contributed by atoms with van der Waals surface area (Å²) < 4.78 is 0.675. The van der Waals surface area contributed by atoms with Gasteiger partial charge in [0.25, 0.3) is 5.91 Å². The summed E-state index contributed by atoms with van der Waals surface area (Å²) in [6.45, 7) is 0. The quantitative estimate of drug-likeness (QED) is 0.761. The van der Waals surface area contributed by atoms with E-state index in [2.05, 4.69) is 5.32 Å². The Morgan fingerprint density at radius 1 is 1.58 bits per heavy atom. The first-order chi connectivity index (χ1) is 5.66. The number of rotatable bonds is 1. The van der Waals surface area contributed by atoms with E-state index < -0.39 is 0 Å². The molecule has 3 nitrogen and oxygen atoms in total. The van der Waals surface area contributed by atoms with Crippen molar-refractivity contribution in [2.24, 2.45) is 0 Å². The van der Waals surface area contributed by atoms with Crippen LogP contribution in [0.3, 0.4) is 0 Å². The van der Waals surface area contributed by atoms with Gasteiger partial charge in [0.2, 0.25) is 0 Å².